The van der Waals surface area contributed by atoms with Gasteiger partial charge in [0.2, 0.25) is 0 Å². The Bertz CT molecular complexity index is 326. The summed E-state index contributed by atoms with van der Waals surface area (Å²) < 4.78 is 6.42. The van der Waals surface area contributed by atoms with Gasteiger partial charge in [0.15, 0.2) is 0 Å². The Kier molecular flexibility index (Phi) is 13.7. The quantitative estimate of drug-likeness (QED) is 0.459. The average molecular weight is 359 g/mol. The molecule has 3 unspecified atom stereocenters. The maximum atomic E-state index is 10.3. The normalized spacial score (nSPS) is 13.0. The number of carbonyl (C=O) groups excluding carboxylic acids is 1. The SMILES string of the molecule is CC(=O)c1n[c-]on1.C[CH-]C(C)N(P)C(C)[CH-]C.[Y+3]. The van der Waals surface area contributed by atoms with Crippen molar-refractivity contribution < 1.29 is 42.0 Å². The zero-order valence-corrected chi connectivity index (χ0v) is 16.1. The number of ketones is 1. The monoisotopic (exact) mass is 359 g/mol. The molecule has 0 fully saturated rings. The van der Waals surface area contributed by atoms with E-state index in [1.54, 1.807) is 0 Å². The fraction of sp³-hybridized carbons (Fsp3) is 0.583. The molecule has 7 heteroatoms. The number of carbonyl (C=O) groups is 1. The minimum atomic E-state index is -0.213. The van der Waals surface area contributed by atoms with E-state index in [9.17, 15) is 4.79 Å². The first-order valence-electron chi connectivity index (χ1n) is 5.76. The standard InChI is InChI=1S/C8H18NP.C4H3N2O2.Y/c1-5-7(3)9(10)8(4)6-2;1-3(7)4-5-2-8-6-4;/h5-8H,10H2,1-4H3;1H3;/q-2;-1;+3. The summed E-state index contributed by atoms with van der Waals surface area (Å²) in [4.78, 5) is 13.7. The van der Waals surface area contributed by atoms with Gasteiger partial charge in [-0.05, 0) is 6.92 Å². The van der Waals surface area contributed by atoms with E-state index in [1.165, 1.54) is 6.92 Å². The fourth-order valence-corrected chi connectivity index (χ4v) is 1.35. The summed E-state index contributed by atoms with van der Waals surface area (Å²) in [6.07, 6.45) is 6.43. The van der Waals surface area contributed by atoms with E-state index in [0.29, 0.717) is 12.1 Å². The van der Waals surface area contributed by atoms with Gasteiger partial charge in [0.1, 0.15) is 5.78 Å². The Morgan fingerprint density at radius 3 is 2.05 bits per heavy atom. The van der Waals surface area contributed by atoms with Gasteiger partial charge in [0.05, 0.1) is 12.2 Å². The number of hydrogen-bond acceptors (Lipinski definition) is 5. The van der Waals surface area contributed by atoms with E-state index < -0.39 is 0 Å². The van der Waals surface area contributed by atoms with Crippen LogP contribution in [0.4, 0.5) is 0 Å². The zero-order chi connectivity index (χ0) is 14.1. The molecule has 0 aliphatic rings. The Morgan fingerprint density at radius 2 is 1.84 bits per heavy atom. The largest absolute Gasteiger partial charge is 3.00 e. The molecular formula is C12H21N3O2PY. The molecule has 1 rings (SSSR count). The van der Waals surface area contributed by atoms with Gasteiger partial charge in [-0.3, -0.25) is 0 Å². The topological polar surface area (TPSA) is 59.2 Å². The smallest absolute Gasteiger partial charge is 0.458 e. The summed E-state index contributed by atoms with van der Waals surface area (Å²) in [5.41, 5.74) is 0. The molecule has 0 saturated carbocycles. The summed E-state index contributed by atoms with van der Waals surface area (Å²) in [5, 5.41) is 3.22. The van der Waals surface area contributed by atoms with Crippen LogP contribution in [0.2, 0.25) is 0 Å². The zero-order valence-electron chi connectivity index (χ0n) is 12.1. The van der Waals surface area contributed by atoms with Crippen LogP contribution in [0.5, 0.6) is 0 Å². The van der Waals surface area contributed by atoms with E-state index in [1.807, 2.05) is 0 Å². The van der Waals surface area contributed by atoms with Gasteiger partial charge in [0, 0.05) is 0 Å². The molecule has 0 N–H and O–H groups in total. The average Bonchev–Trinajstić information content (AvgIpc) is 2.90. The predicted molar refractivity (Wildman–Crippen MR) is 73.6 cm³/mol. The van der Waals surface area contributed by atoms with Crippen LogP contribution in [0, 0.1) is 19.2 Å². The summed E-state index contributed by atoms with van der Waals surface area (Å²) >= 11 is 0. The van der Waals surface area contributed by atoms with Crippen molar-refractivity contribution in [3.63, 3.8) is 0 Å². The molecule has 0 spiro atoms. The molecule has 104 valence electrons. The third kappa shape index (κ3) is 8.96. The molecule has 0 aliphatic heterocycles. The van der Waals surface area contributed by atoms with E-state index in [4.69, 9.17) is 0 Å². The van der Waals surface area contributed by atoms with E-state index in [2.05, 4.69) is 75.7 Å². The van der Waals surface area contributed by atoms with E-state index in [0.717, 1.165) is 0 Å². The molecular weight excluding hydrogens is 338 g/mol. The molecule has 0 radical (unpaired) electrons. The summed E-state index contributed by atoms with van der Waals surface area (Å²) in [7, 11) is 2.75. The summed E-state index contributed by atoms with van der Waals surface area (Å²) in [6, 6.07) is 1.08. The number of nitrogens with zero attached hydrogens (tertiary/aromatic N) is 3. The van der Waals surface area contributed by atoms with Crippen molar-refractivity contribution in [1.82, 2.24) is 14.8 Å². The van der Waals surface area contributed by atoms with Crippen molar-refractivity contribution >= 4 is 15.2 Å². The van der Waals surface area contributed by atoms with Crippen molar-refractivity contribution in [1.29, 1.82) is 0 Å². The second-order valence-electron chi connectivity index (χ2n) is 3.86. The van der Waals surface area contributed by atoms with Crippen LogP contribution in [-0.2, 0) is 32.7 Å². The fourth-order valence-electron chi connectivity index (χ4n) is 1.01. The van der Waals surface area contributed by atoms with Crippen molar-refractivity contribution in [3.05, 3.63) is 25.1 Å². The van der Waals surface area contributed by atoms with E-state index >= 15 is 0 Å². The maximum Gasteiger partial charge on any atom is 3.00 e. The molecule has 19 heavy (non-hydrogen) atoms. The van der Waals surface area contributed by atoms with E-state index in [-0.39, 0.29) is 44.3 Å². The molecule has 3 atom stereocenters. The number of aromatic nitrogens is 2. The van der Waals surface area contributed by atoms with Crippen molar-refractivity contribution in [2.24, 2.45) is 0 Å². The third-order valence-corrected chi connectivity index (χ3v) is 3.49. The molecule has 1 aromatic rings. The van der Waals surface area contributed by atoms with Gasteiger partial charge in [0.25, 0.3) is 0 Å². The van der Waals surface area contributed by atoms with Gasteiger partial charge in [-0.25, -0.2) is 0 Å². The number of rotatable bonds is 5. The second-order valence-corrected chi connectivity index (χ2v) is 4.46. The molecule has 1 aromatic heterocycles. The minimum Gasteiger partial charge on any atom is -0.458 e. The number of Topliss-reactive ketones (excluding diaryl/α,β-unsaturated/α-hetero) is 1. The molecule has 5 nitrogen and oxygen atoms in total. The van der Waals surface area contributed by atoms with Crippen LogP contribution >= 0.6 is 9.39 Å². The summed E-state index contributed by atoms with van der Waals surface area (Å²) in [5.74, 6) is -0.139. The van der Waals surface area contributed by atoms with Crippen molar-refractivity contribution in [2.75, 3.05) is 0 Å². The molecule has 0 amide bonds. The Hall–Kier alpha value is 0.304. The Morgan fingerprint density at radius 1 is 1.37 bits per heavy atom. The third-order valence-electron chi connectivity index (χ3n) is 2.54. The van der Waals surface area contributed by atoms with Gasteiger partial charge < -0.3 is 31.8 Å². The molecule has 0 bridgehead atoms. The van der Waals surface area contributed by atoms with Crippen LogP contribution in [0.3, 0.4) is 0 Å². The molecule has 0 aromatic carbocycles. The van der Waals surface area contributed by atoms with Crippen molar-refractivity contribution in [3.8, 4) is 0 Å². The first-order chi connectivity index (χ1) is 8.43. The van der Waals surface area contributed by atoms with Gasteiger partial charge in [-0.2, -0.15) is 19.0 Å². The molecule has 0 saturated heterocycles. The maximum absolute atomic E-state index is 10.3. The van der Waals surface area contributed by atoms with Gasteiger partial charge in [-0.15, -0.1) is 12.1 Å². The minimum absolute atomic E-state index is 0. The summed E-state index contributed by atoms with van der Waals surface area (Å²) in [6.45, 7) is 9.91. The van der Waals surface area contributed by atoms with Gasteiger partial charge >= 0.3 is 32.7 Å². The van der Waals surface area contributed by atoms with Crippen LogP contribution in [0.15, 0.2) is 4.52 Å². The predicted octanol–water partition coefficient (Wildman–Crippen LogP) is 2.37. The van der Waals surface area contributed by atoms with Crippen LogP contribution < -0.4 is 0 Å². The van der Waals surface area contributed by atoms with Crippen LogP contribution in [-0.4, -0.2) is 32.7 Å². The van der Waals surface area contributed by atoms with Crippen LogP contribution in [0.1, 0.15) is 45.2 Å². The van der Waals surface area contributed by atoms with Crippen molar-refractivity contribution in [2.45, 2.75) is 46.7 Å². The van der Waals surface area contributed by atoms with Crippen LogP contribution in [0.25, 0.3) is 0 Å². The molecule has 0 aliphatic carbocycles. The molecule has 1 heterocycles. The second kappa shape index (κ2) is 12.1. The first-order valence-corrected chi connectivity index (χ1v) is 6.28. The Labute approximate surface area is 143 Å². The number of hydrogen-bond donors (Lipinski definition) is 0. The Balaban J connectivity index is 0. The first kappa shape index (κ1) is 21.6. The van der Waals surface area contributed by atoms with Gasteiger partial charge in [-0.1, -0.05) is 23.2 Å².